The van der Waals surface area contributed by atoms with Crippen molar-refractivity contribution in [1.29, 1.82) is 0 Å². The van der Waals surface area contributed by atoms with Crippen LogP contribution >= 0.6 is 0 Å². The molecule has 0 spiro atoms. The maximum absolute atomic E-state index is 11.7. The molecule has 0 radical (unpaired) electrons. The molecule has 0 aliphatic carbocycles. The van der Waals surface area contributed by atoms with Gasteiger partial charge in [0.15, 0.2) is 0 Å². The van der Waals surface area contributed by atoms with Crippen LogP contribution in [0.15, 0.2) is 30.3 Å². The Morgan fingerprint density at radius 3 is 2.35 bits per heavy atom. The molecule has 0 aromatic heterocycles. The summed E-state index contributed by atoms with van der Waals surface area (Å²) in [6.45, 7) is 1.10. The van der Waals surface area contributed by atoms with E-state index in [2.05, 4.69) is 30.3 Å². The standard InChI is InChI=1S/C15H19NO/c17-15-9-13-7-4-8-14(10-15)16(13)11-12-5-2-1-3-6-12/h1-3,5-6,13-14H,4,7-11H2/p+1. The third-order valence-corrected chi connectivity index (χ3v) is 4.35. The van der Waals surface area contributed by atoms with Gasteiger partial charge in [-0.05, 0) is 6.42 Å². The van der Waals surface area contributed by atoms with Crippen LogP contribution in [0, 0.1) is 0 Å². The number of nitrogens with one attached hydrogen (secondary N) is 1. The van der Waals surface area contributed by atoms with Crippen molar-refractivity contribution < 1.29 is 9.69 Å². The van der Waals surface area contributed by atoms with Crippen LogP contribution in [0.2, 0.25) is 0 Å². The minimum atomic E-state index is 0.497. The maximum atomic E-state index is 11.7. The van der Waals surface area contributed by atoms with Gasteiger partial charge >= 0.3 is 0 Å². The molecule has 2 nitrogen and oxygen atoms in total. The smallest absolute Gasteiger partial charge is 0.144 e. The first-order valence-electron chi connectivity index (χ1n) is 6.74. The first kappa shape index (κ1) is 11.0. The number of benzene rings is 1. The number of hydrogen-bond acceptors (Lipinski definition) is 1. The molecule has 2 unspecified atom stereocenters. The highest BCUT2D eigenvalue weighted by molar-refractivity contribution is 5.79. The average molecular weight is 230 g/mol. The van der Waals surface area contributed by atoms with Gasteiger partial charge in [-0.2, -0.15) is 0 Å². The second-order valence-corrected chi connectivity index (χ2v) is 5.51. The molecule has 2 heteroatoms. The summed E-state index contributed by atoms with van der Waals surface area (Å²) in [6.07, 6.45) is 5.44. The van der Waals surface area contributed by atoms with Crippen LogP contribution in [0.5, 0.6) is 0 Å². The lowest BCUT2D eigenvalue weighted by Crippen LogP contribution is -3.20. The summed E-state index contributed by atoms with van der Waals surface area (Å²) in [6, 6.07) is 11.9. The van der Waals surface area contributed by atoms with E-state index in [4.69, 9.17) is 0 Å². The fourth-order valence-electron chi connectivity index (χ4n) is 3.53. The molecule has 2 aliphatic heterocycles. The molecule has 2 saturated heterocycles. The summed E-state index contributed by atoms with van der Waals surface area (Å²) in [5.74, 6) is 0.497. The van der Waals surface area contributed by atoms with Crippen molar-refractivity contribution in [2.75, 3.05) is 0 Å². The molecule has 3 rings (SSSR count). The second-order valence-electron chi connectivity index (χ2n) is 5.51. The number of quaternary nitrogens is 1. The van der Waals surface area contributed by atoms with Crippen molar-refractivity contribution >= 4 is 5.78 Å². The zero-order valence-corrected chi connectivity index (χ0v) is 10.2. The van der Waals surface area contributed by atoms with Crippen LogP contribution in [0.4, 0.5) is 0 Å². The van der Waals surface area contributed by atoms with Gasteiger partial charge in [0.25, 0.3) is 0 Å². The first-order chi connectivity index (χ1) is 8.33. The molecule has 2 aliphatic rings. The summed E-state index contributed by atoms with van der Waals surface area (Å²) in [5.41, 5.74) is 1.41. The van der Waals surface area contributed by atoms with Crippen LogP contribution in [0.1, 0.15) is 37.7 Å². The SMILES string of the molecule is O=C1CC2CCCC(C1)[NH+]2Cc1ccccc1. The highest BCUT2D eigenvalue weighted by atomic mass is 16.1. The van der Waals surface area contributed by atoms with Gasteiger partial charge in [0.05, 0.1) is 24.9 Å². The van der Waals surface area contributed by atoms with Gasteiger partial charge in [-0.25, -0.2) is 0 Å². The van der Waals surface area contributed by atoms with Gasteiger partial charge in [-0.15, -0.1) is 0 Å². The van der Waals surface area contributed by atoms with Gasteiger partial charge in [0.2, 0.25) is 0 Å². The predicted octanol–water partition coefficient (Wildman–Crippen LogP) is 1.36. The van der Waals surface area contributed by atoms with Crippen LogP contribution in [0.3, 0.4) is 0 Å². The highest BCUT2D eigenvalue weighted by Gasteiger charge is 2.40. The fraction of sp³-hybridized carbons (Fsp3) is 0.533. The molecule has 0 amide bonds. The molecule has 90 valence electrons. The number of carbonyl (C=O) groups is 1. The molecule has 17 heavy (non-hydrogen) atoms. The summed E-state index contributed by atoms with van der Waals surface area (Å²) < 4.78 is 0. The number of piperidine rings is 2. The molecule has 2 fully saturated rings. The lowest BCUT2D eigenvalue weighted by atomic mass is 9.83. The van der Waals surface area contributed by atoms with E-state index in [1.807, 2.05) is 0 Å². The minimum Gasteiger partial charge on any atom is -0.326 e. The third-order valence-electron chi connectivity index (χ3n) is 4.35. The molecule has 1 aromatic rings. The lowest BCUT2D eigenvalue weighted by Gasteiger charge is -2.42. The summed E-state index contributed by atoms with van der Waals surface area (Å²) >= 11 is 0. The van der Waals surface area contributed by atoms with Crippen LogP contribution in [-0.2, 0) is 11.3 Å². The van der Waals surface area contributed by atoms with E-state index in [0.29, 0.717) is 17.9 Å². The molecular formula is C15H20NO+. The molecular weight excluding hydrogens is 210 g/mol. The number of rotatable bonds is 2. The average Bonchev–Trinajstić information content (AvgIpc) is 2.32. The topological polar surface area (TPSA) is 21.5 Å². The maximum Gasteiger partial charge on any atom is 0.144 e. The summed E-state index contributed by atoms with van der Waals surface area (Å²) in [4.78, 5) is 13.3. The van der Waals surface area contributed by atoms with E-state index < -0.39 is 0 Å². The molecule has 1 N–H and O–H groups in total. The van der Waals surface area contributed by atoms with Crippen LogP contribution in [0.25, 0.3) is 0 Å². The van der Waals surface area contributed by atoms with Crippen molar-refractivity contribution in [2.24, 2.45) is 0 Å². The molecule has 0 saturated carbocycles. The quantitative estimate of drug-likeness (QED) is 0.814. The second kappa shape index (κ2) is 4.61. The largest absolute Gasteiger partial charge is 0.326 e. The Labute approximate surface area is 103 Å². The van der Waals surface area contributed by atoms with Crippen molar-refractivity contribution in [2.45, 2.75) is 50.7 Å². The number of Topliss-reactive ketones (excluding diaryl/α,β-unsaturated/α-hetero) is 1. The number of carbonyl (C=O) groups excluding carboxylic acids is 1. The first-order valence-corrected chi connectivity index (χ1v) is 6.74. The zero-order chi connectivity index (χ0) is 11.7. The Morgan fingerprint density at radius 2 is 1.71 bits per heavy atom. The number of ketones is 1. The van der Waals surface area contributed by atoms with E-state index >= 15 is 0 Å². The summed E-state index contributed by atoms with van der Waals surface area (Å²) in [7, 11) is 0. The molecule has 2 atom stereocenters. The highest BCUT2D eigenvalue weighted by Crippen LogP contribution is 2.20. The minimum absolute atomic E-state index is 0.497. The van der Waals surface area contributed by atoms with E-state index in [0.717, 1.165) is 19.4 Å². The Bertz CT molecular complexity index is 385. The van der Waals surface area contributed by atoms with Crippen LogP contribution < -0.4 is 4.90 Å². The molecule has 2 bridgehead atoms. The summed E-state index contributed by atoms with van der Waals surface area (Å²) in [5, 5.41) is 0. The van der Waals surface area contributed by atoms with Gasteiger partial charge in [0, 0.05) is 18.4 Å². The number of fused-ring (bicyclic) bond motifs is 2. The zero-order valence-electron chi connectivity index (χ0n) is 10.2. The monoisotopic (exact) mass is 230 g/mol. The lowest BCUT2D eigenvalue weighted by molar-refractivity contribution is -0.969. The van der Waals surface area contributed by atoms with Crippen molar-refractivity contribution in [3.63, 3.8) is 0 Å². The Morgan fingerprint density at radius 1 is 1.06 bits per heavy atom. The Balaban J connectivity index is 1.76. The molecule has 2 heterocycles. The van der Waals surface area contributed by atoms with E-state index in [-0.39, 0.29) is 0 Å². The predicted molar refractivity (Wildman–Crippen MR) is 66.8 cm³/mol. The van der Waals surface area contributed by atoms with Gasteiger partial charge < -0.3 is 4.90 Å². The van der Waals surface area contributed by atoms with Crippen molar-refractivity contribution in [3.05, 3.63) is 35.9 Å². The van der Waals surface area contributed by atoms with E-state index in [9.17, 15) is 4.79 Å². The fourth-order valence-corrected chi connectivity index (χ4v) is 3.53. The Kier molecular flexibility index (Phi) is 2.98. The van der Waals surface area contributed by atoms with Crippen molar-refractivity contribution in [3.8, 4) is 0 Å². The van der Waals surface area contributed by atoms with Gasteiger partial charge in [0.1, 0.15) is 12.3 Å². The van der Waals surface area contributed by atoms with Gasteiger partial charge in [-0.1, -0.05) is 30.3 Å². The normalized spacial score (nSPS) is 32.5. The third kappa shape index (κ3) is 2.27. The van der Waals surface area contributed by atoms with Crippen LogP contribution in [-0.4, -0.2) is 17.9 Å². The Hall–Kier alpha value is -1.15. The molecule has 1 aromatic carbocycles. The van der Waals surface area contributed by atoms with E-state index in [1.54, 1.807) is 4.90 Å². The van der Waals surface area contributed by atoms with E-state index in [1.165, 1.54) is 24.8 Å². The van der Waals surface area contributed by atoms with Gasteiger partial charge in [-0.3, -0.25) is 4.79 Å². The number of hydrogen-bond donors (Lipinski definition) is 1. The van der Waals surface area contributed by atoms with Crippen molar-refractivity contribution in [1.82, 2.24) is 0 Å².